The van der Waals surface area contributed by atoms with Crippen LogP contribution in [-0.2, 0) is 9.53 Å². The van der Waals surface area contributed by atoms with Crippen LogP contribution in [0.15, 0.2) is 48.1 Å². The number of hydrogen-bond donors (Lipinski definition) is 1. The van der Waals surface area contributed by atoms with Crippen LogP contribution in [0.2, 0.25) is 0 Å². The van der Waals surface area contributed by atoms with Gasteiger partial charge in [0.25, 0.3) is 0 Å². The average Bonchev–Trinajstić information content (AvgIpc) is 2.70. The zero-order valence-corrected chi connectivity index (χ0v) is 12.4. The molecule has 1 amide bonds. The Morgan fingerprint density at radius 3 is 2.52 bits per heavy atom. The lowest BCUT2D eigenvalue weighted by Crippen LogP contribution is -2.38. The molecule has 2 rings (SSSR count). The van der Waals surface area contributed by atoms with Crippen molar-refractivity contribution >= 4 is 18.0 Å². The number of amides is 1. The molecular weight excluding hydrogens is 266 g/mol. The first kappa shape index (κ1) is 15.0. The molecule has 1 aliphatic carbocycles. The third-order valence-electron chi connectivity index (χ3n) is 2.85. The van der Waals surface area contributed by atoms with E-state index in [-0.39, 0.29) is 5.78 Å². The summed E-state index contributed by atoms with van der Waals surface area (Å²) in [5.41, 5.74) is 0.882. The van der Waals surface area contributed by atoms with Crippen LogP contribution in [0, 0.1) is 0 Å². The van der Waals surface area contributed by atoms with Crippen LogP contribution in [0.4, 0.5) is 4.79 Å². The van der Waals surface area contributed by atoms with E-state index in [1.807, 2.05) is 30.3 Å². The topological polar surface area (TPSA) is 55.4 Å². The van der Waals surface area contributed by atoms with E-state index in [0.717, 1.165) is 5.56 Å². The Bertz CT molecular complexity index is 594. The molecule has 4 nitrogen and oxygen atoms in total. The van der Waals surface area contributed by atoms with Gasteiger partial charge in [-0.3, -0.25) is 4.79 Å². The van der Waals surface area contributed by atoms with Crippen molar-refractivity contribution in [2.24, 2.45) is 0 Å². The third-order valence-corrected chi connectivity index (χ3v) is 2.85. The highest BCUT2D eigenvalue weighted by molar-refractivity contribution is 6.11. The van der Waals surface area contributed by atoms with Crippen molar-refractivity contribution in [3.8, 4) is 0 Å². The first-order chi connectivity index (χ1) is 9.85. The molecule has 1 aromatic carbocycles. The monoisotopic (exact) mass is 285 g/mol. The molecule has 0 heterocycles. The van der Waals surface area contributed by atoms with E-state index in [0.29, 0.717) is 5.57 Å². The SMILES string of the molecule is CC(C)(C)OC(=O)NC1C=CC(=O)C1=Cc1ccccc1. The van der Waals surface area contributed by atoms with Crippen molar-refractivity contribution in [2.75, 3.05) is 0 Å². The molecule has 0 saturated heterocycles. The molecule has 0 aliphatic heterocycles. The molecule has 0 fully saturated rings. The van der Waals surface area contributed by atoms with E-state index >= 15 is 0 Å². The van der Waals surface area contributed by atoms with Gasteiger partial charge in [0.2, 0.25) is 0 Å². The molecule has 1 N–H and O–H groups in total. The van der Waals surface area contributed by atoms with E-state index in [1.165, 1.54) is 6.08 Å². The summed E-state index contributed by atoms with van der Waals surface area (Å²) in [5, 5.41) is 2.70. The van der Waals surface area contributed by atoms with Crippen molar-refractivity contribution < 1.29 is 14.3 Å². The summed E-state index contributed by atoms with van der Waals surface area (Å²) in [6.45, 7) is 5.38. The van der Waals surface area contributed by atoms with Crippen LogP contribution in [0.5, 0.6) is 0 Å². The Balaban J connectivity index is 2.12. The summed E-state index contributed by atoms with van der Waals surface area (Å²) in [4.78, 5) is 23.7. The van der Waals surface area contributed by atoms with Crippen molar-refractivity contribution in [3.05, 3.63) is 53.6 Å². The average molecular weight is 285 g/mol. The molecule has 110 valence electrons. The zero-order valence-electron chi connectivity index (χ0n) is 12.4. The Morgan fingerprint density at radius 2 is 1.90 bits per heavy atom. The second-order valence-electron chi connectivity index (χ2n) is 5.86. The van der Waals surface area contributed by atoms with Gasteiger partial charge in [-0.25, -0.2) is 4.79 Å². The Hall–Kier alpha value is -2.36. The summed E-state index contributed by atoms with van der Waals surface area (Å²) >= 11 is 0. The largest absolute Gasteiger partial charge is 0.444 e. The van der Waals surface area contributed by atoms with Gasteiger partial charge in [-0.15, -0.1) is 0 Å². The van der Waals surface area contributed by atoms with Gasteiger partial charge in [-0.1, -0.05) is 36.4 Å². The number of allylic oxidation sites excluding steroid dienone is 1. The maximum absolute atomic E-state index is 11.9. The maximum atomic E-state index is 11.9. The van der Waals surface area contributed by atoms with Crippen molar-refractivity contribution in [1.82, 2.24) is 5.32 Å². The number of ketones is 1. The second kappa shape index (κ2) is 5.95. The summed E-state index contributed by atoms with van der Waals surface area (Å²) in [7, 11) is 0. The lowest BCUT2D eigenvalue weighted by molar-refractivity contribution is -0.111. The number of alkyl carbamates (subject to hydrolysis) is 1. The molecule has 1 atom stereocenters. The van der Waals surface area contributed by atoms with Gasteiger partial charge < -0.3 is 10.1 Å². The van der Waals surface area contributed by atoms with Crippen LogP contribution in [0.1, 0.15) is 26.3 Å². The predicted molar refractivity (Wildman–Crippen MR) is 81.7 cm³/mol. The van der Waals surface area contributed by atoms with Gasteiger partial charge in [0, 0.05) is 5.57 Å². The molecular formula is C17H19NO3. The fourth-order valence-corrected chi connectivity index (χ4v) is 1.99. The summed E-state index contributed by atoms with van der Waals surface area (Å²) < 4.78 is 5.21. The van der Waals surface area contributed by atoms with Crippen molar-refractivity contribution in [2.45, 2.75) is 32.4 Å². The highest BCUT2D eigenvalue weighted by atomic mass is 16.6. The minimum absolute atomic E-state index is 0.0973. The Kier molecular flexibility index (Phi) is 4.26. The molecule has 0 bridgehead atoms. The highest BCUT2D eigenvalue weighted by Gasteiger charge is 2.26. The molecule has 0 aromatic heterocycles. The molecule has 0 spiro atoms. The Morgan fingerprint density at radius 1 is 1.24 bits per heavy atom. The number of benzene rings is 1. The molecule has 4 heteroatoms. The standard InChI is InChI=1S/C17H19NO3/c1-17(2,3)21-16(20)18-14-9-10-15(19)13(14)11-12-7-5-4-6-8-12/h4-11,14H,1-3H3,(H,18,20). The molecule has 0 radical (unpaired) electrons. The summed E-state index contributed by atoms with van der Waals surface area (Å²) in [6, 6.07) is 9.07. The number of nitrogens with one attached hydrogen (secondary N) is 1. The van der Waals surface area contributed by atoms with E-state index in [1.54, 1.807) is 32.9 Å². The van der Waals surface area contributed by atoms with Crippen LogP contribution < -0.4 is 5.32 Å². The number of carbonyl (C=O) groups is 2. The van der Waals surface area contributed by atoms with E-state index < -0.39 is 17.7 Å². The minimum Gasteiger partial charge on any atom is -0.444 e. The van der Waals surface area contributed by atoms with Crippen LogP contribution in [-0.4, -0.2) is 23.5 Å². The normalized spacial score (nSPS) is 19.9. The van der Waals surface area contributed by atoms with Gasteiger partial charge in [-0.2, -0.15) is 0 Å². The number of ether oxygens (including phenoxy) is 1. The van der Waals surface area contributed by atoms with Gasteiger partial charge >= 0.3 is 6.09 Å². The lowest BCUT2D eigenvalue weighted by Gasteiger charge is -2.21. The lowest BCUT2D eigenvalue weighted by atomic mass is 10.1. The predicted octanol–water partition coefficient (Wildman–Crippen LogP) is 3.10. The molecule has 0 saturated carbocycles. The van der Waals surface area contributed by atoms with Crippen LogP contribution in [0.25, 0.3) is 6.08 Å². The highest BCUT2D eigenvalue weighted by Crippen LogP contribution is 2.19. The zero-order chi connectivity index (χ0) is 15.5. The first-order valence-corrected chi connectivity index (χ1v) is 6.84. The molecule has 1 aromatic rings. The van der Waals surface area contributed by atoms with Crippen molar-refractivity contribution in [1.29, 1.82) is 0 Å². The smallest absolute Gasteiger partial charge is 0.408 e. The van der Waals surface area contributed by atoms with Gasteiger partial charge in [0.05, 0.1) is 6.04 Å². The minimum atomic E-state index is -0.570. The van der Waals surface area contributed by atoms with Gasteiger partial charge in [-0.05, 0) is 38.5 Å². The molecule has 21 heavy (non-hydrogen) atoms. The quantitative estimate of drug-likeness (QED) is 0.849. The van der Waals surface area contributed by atoms with Crippen LogP contribution in [0.3, 0.4) is 0 Å². The van der Waals surface area contributed by atoms with E-state index in [9.17, 15) is 9.59 Å². The third kappa shape index (κ3) is 4.31. The number of carbonyl (C=O) groups excluding carboxylic acids is 2. The van der Waals surface area contributed by atoms with Crippen LogP contribution >= 0.6 is 0 Å². The van der Waals surface area contributed by atoms with Crippen molar-refractivity contribution in [3.63, 3.8) is 0 Å². The first-order valence-electron chi connectivity index (χ1n) is 6.84. The molecule has 1 aliphatic rings. The summed E-state index contributed by atoms with van der Waals surface area (Å²) in [5.74, 6) is -0.0973. The summed E-state index contributed by atoms with van der Waals surface area (Å²) in [6.07, 6.45) is 4.38. The van der Waals surface area contributed by atoms with Gasteiger partial charge in [0.15, 0.2) is 5.78 Å². The van der Waals surface area contributed by atoms with Gasteiger partial charge in [0.1, 0.15) is 5.60 Å². The van der Waals surface area contributed by atoms with E-state index in [2.05, 4.69) is 5.32 Å². The number of rotatable bonds is 2. The fourth-order valence-electron chi connectivity index (χ4n) is 1.99. The fraction of sp³-hybridized carbons (Fsp3) is 0.294. The van der Waals surface area contributed by atoms with E-state index in [4.69, 9.17) is 4.74 Å². The maximum Gasteiger partial charge on any atom is 0.408 e. The number of hydrogen-bond acceptors (Lipinski definition) is 3. The Labute approximate surface area is 124 Å². The second-order valence-corrected chi connectivity index (χ2v) is 5.86. The molecule has 1 unspecified atom stereocenters.